The highest BCUT2D eigenvalue weighted by Crippen LogP contribution is 2.31. The zero-order chi connectivity index (χ0) is 20.2. The van der Waals surface area contributed by atoms with Crippen LogP contribution in [0.1, 0.15) is 61.1 Å². The van der Waals surface area contributed by atoms with Crippen LogP contribution in [0.3, 0.4) is 0 Å². The van der Waals surface area contributed by atoms with E-state index in [0.717, 1.165) is 6.29 Å². The third-order valence-corrected chi connectivity index (χ3v) is 4.65. The number of hydrogen-bond acceptors (Lipinski definition) is 5. The van der Waals surface area contributed by atoms with Crippen molar-refractivity contribution in [2.45, 2.75) is 45.2 Å². The van der Waals surface area contributed by atoms with Gasteiger partial charge in [0.1, 0.15) is 17.9 Å². The second-order valence-corrected chi connectivity index (χ2v) is 7.39. The van der Waals surface area contributed by atoms with Crippen LogP contribution < -0.4 is 11.1 Å². The average molecular weight is 392 g/mol. The van der Waals surface area contributed by atoms with Crippen molar-refractivity contribution in [3.63, 3.8) is 0 Å². The van der Waals surface area contributed by atoms with Crippen LogP contribution in [0, 0.1) is 5.82 Å². The number of nitrogens with zero attached hydrogens (tertiary/aromatic N) is 1. The van der Waals surface area contributed by atoms with E-state index in [0.29, 0.717) is 12.0 Å². The quantitative estimate of drug-likeness (QED) is 0.522. The summed E-state index contributed by atoms with van der Waals surface area (Å²) >= 11 is 6.14. The maximum absolute atomic E-state index is 15.3. The molecule has 5 nitrogen and oxygen atoms in total. The first-order valence-electron chi connectivity index (χ1n) is 8.65. The van der Waals surface area contributed by atoms with E-state index >= 15 is 4.39 Å². The van der Waals surface area contributed by atoms with Gasteiger partial charge in [-0.3, -0.25) is 4.79 Å². The fourth-order valence-electron chi connectivity index (χ4n) is 2.87. The molecule has 0 fully saturated rings. The smallest absolute Gasteiger partial charge is 0.199 e. The SMILES string of the molecule is CCC(NC(C)(C)CC=O)c1ccc(Cl)c(C(=O)c2ccc(N)nc2)c1F. The molecule has 1 aromatic carbocycles. The molecule has 0 saturated carbocycles. The minimum atomic E-state index is -0.675. The van der Waals surface area contributed by atoms with E-state index < -0.39 is 17.1 Å². The van der Waals surface area contributed by atoms with Gasteiger partial charge >= 0.3 is 0 Å². The van der Waals surface area contributed by atoms with Crippen molar-refractivity contribution >= 4 is 29.5 Å². The van der Waals surface area contributed by atoms with Gasteiger partial charge in [0.15, 0.2) is 5.78 Å². The van der Waals surface area contributed by atoms with Crippen molar-refractivity contribution in [3.8, 4) is 0 Å². The molecule has 0 spiro atoms. The number of pyridine rings is 1. The summed E-state index contributed by atoms with van der Waals surface area (Å²) in [5.74, 6) is -0.973. The zero-order valence-electron chi connectivity index (χ0n) is 15.6. The van der Waals surface area contributed by atoms with Crippen LogP contribution in [0.15, 0.2) is 30.5 Å². The van der Waals surface area contributed by atoms with E-state index in [-0.39, 0.29) is 34.4 Å². The topological polar surface area (TPSA) is 85.1 Å². The van der Waals surface area contributed by atoms with Gasteiger partial charge in [-0.15, -0.1) is 0 Å². The van der Waals surface area contributed by atoms with Gasteiger partial charge in [-0.2, -0.15) is 0 Å². The predicted molar refractivity (Wildman–Crippen MR) is 104 cm³/mol. The summed E-state index contributed by atoms with van der Waals surface area (Å²) in [6, 6.07) is 5.65. The Hall–Kier alpha value is -2.31. The van der Waals surface area contributed by atoms with E-state index in [9.17, 15) is 9.59 Å². The van der Waals surface area contributed by atoms with E-state index in [4.69, 9.17) is 17.3 Å². The van der Waals surface area contributed by atoms with E-state index in [1.165, 1.54) is 24.4 Å². The first-order chi connectivity index (χ1) is 12.7. The molecule has 0 saturated heterocycles. The lowest BCUT2D eigenvalue weighted by molar-refractivity contribution is -0.108. The van der Waals surface area contributed by atoms with Crippen LogP contribution in [-0.2, 0) is 4.79 Å². The van der Waals surface area contributed by atoms with Crippen LogP contribution in [0.2, 0.25) is 5.02 Å². The number of nitrogens with one attached hydrogen (secondary N) is 1. The molecule has 144 valence electrons. The van der Waals surface area contributed by atoms with Gasteiger partial charge < -0.3 is 15.8 Å². The number of nitrogen functional groups attached to an aromatic ring is 1. The normalized spacial score (nSPS) is 12.6. The van der Waals surface area contributed by atoms with Gasteiger partial charge in [0.05, 0.1) is 10.6 Å². The summed E-state index contributed by atoms with van der Waals surface area (Å²) in [6.45, 7) is 5.63. The zero-order valence-corrected chi connectivity index (χ0v) is 16.3. The summed E-state index contributed by atoms with van der Waals surface area (Å²) in [5, 5.41) is 3.31. The van der Waals surface area contributed by atoms with Crippen LogP contribution in [-0.4, -0.2) is 22.6 Å². The lowest BCUT2D eigenvalue weighted by Gasteiger charge is -2.31. The Morgan fingerprint density at radius 3 is 2.63 bits per heavy atom. The molecular weight excluding hydrogens is 369 g/mol. The number of hydrogen-bond donors (Lipinski definition) is 2. The van der Waals surface area contributed by atoms with Crippen LogP contribution in [0.4, 0.5) is 10.2 Å². The average Bonchev–Trinajstić information content (AvgIpc) is 2.60. The molecule has 0 aliphatic heterocycles. The minimum absolute atomic E-state index is 0.0279. The molecule has 27 heavy (non-hydrogen) atoms. The summed E-state index contributed by atoms with van der Waals surface area (Å²) in [6.07, 6.45) is 2.96. The monoisotopic (exact) mass is 391 g/mol. The summed E-state index contributed by atoms with van der Waals surface area (Å²) < 4.78 is 15.3. The second kappa shape index (κ2) is 8.59. The molecule has 7 heteroatoms. The van der Waals surface area contributed by atoms with Gasteiger partial charge in [-0.05, 0) is 38.5 Å². The van der Waals surface area contributed by atoms with Crippen LogP contribution in [0.5, 0.6) is 0 Å². The van der Waals surface area contributed by atoms with Crippen molar-refractivity contribution in [1.29, 1.82) is 0 Å². The van der Waals surface area contributed by atoms with Crippen LogP contribution >= 0.6 is 11.6 Å². The third-order valence-electron chi connectivity index (χ3n) is 4.34. The number of aldehydes is 1. The standard InChI is InChI=1S/C20H23ClFN3O2/c1-4-15(25-20(2,3)9-10-26)13-6-7-14(21)17(18(13)22)19(27)12-5-8-16(23)24-11-12/h5-8,10-11,15,25H,4,9H2,1-3H3,(H2,23,24). The maximum atomic E-state index is 15.3. The van der Waals surface area contributed by atoms with Gasteiger partial charge in [-0.1, -0.05) is 24.6 Å². The van der Waals surface area contributed by atoms with Crippen molar-refractivity contribution in [3.05, 3.63) is 58.0 Å². The number of ketones is 1. The Morgan fingerprint density at radius 1 is 1.37 bits per heavy atom. The molecule has 2 aromatic rings. The molecular formula is C20H23ClFN3O2. The van der Waals surface area contributed by atoms with Crippen molar-refractivity contribution in [2.75, 3.05) is 5.73 Å². The molecule has 0 radical (unpaired) electrons. The van der Waals surface area contributed by atoms with E-state index in [1.54, 1.807) is 6.07 Å². The first kappa shape index (κ1) is 21.0. The van der Waals surface area contributed by atoms with E-state index in [1.807, 2.05) is 20.8 Å². The molecule has 2 rings (SSSR count). The Morgan fingerprint density at radius 2 is 2.07 bits per heavy atom. The fraction of sp³-hybridized carbons (Fsp3) is 0.350. The minimum Gasteiger partial charge on any atom is -0.384 e. The third kappa shape index (κ3) is 4.90. The lowest BCUT2D eigenvalue weighted by atomic mass is 9.93. The molecule has 0 amide bonds. The Balaban J connectivity index is 2.45. The van der Waals surface area contributed by atoms with Gasteiger partial charge in [-0.25, -0.2) is 9.37 Å². The number of carbonyl (C=O) groups excluding carboxylic acids is 2. The Labute approximate surface area is 163 Å². The molecule has 1 aromatic heterocycles. The summed E-state index contributed by atoms with van der Waals surface area (Å²) in [5.41, 5.74) is 5.35. The fourth-order valence-corrected chi connectivity index (χ4v) is 3.10. The molecule has 1 unspecified atom stereocenters. The van der Waals surface area contributed by atoms with E-state index in [2.05, 4.69) is 10.3 Å². The highest BCUT2D eigenvalue weighted by Gasteiger charge is 2.27. The molecule has 0 aliphatic carbocycles. The van der Waals surface area contributed by atoms with Gasteiger partial charge in [0.25, 0.3) is 0 Å². The van der Waals surface area contributed by atoms with Crippen molar-refractivity contribution in [1.82, 2.24) is 10.3 Å². The highest BCUT2D eigenvalue weighted by molar-refractivity contribution is 6.35. The van der Waals surface area contributed by atoms with Gasteiger partial charge in [0, 0.05) is 35.3 Å². The number of aromatic nitrogens is 1. The largest absolute Gasteiger partial charge is 0.384 e. The number of rotatable bonds is 8. The predicted octanol–water partition coefficient (Wildman–Crippen LogP) is 4.10. The Kier molecular flexibility index (Phi) is 6.68. The van der Waals surface area contributed by atoms with Crippen LogP contribution in [0.25, 0.3) is 0 Å². The number of anilines is 1. The molecule has 1 atom stereocenters. The van der Waals surface area contributed by atoms with Crippen molar-refractivity contribution in [2.24, 2.45) is 0 Å². The highest BCUT2D eigenvalue weighted by atomic mass is 35.5. The second-order valence-electron chi connectivity index (χ2n) is 6.99. The molecule has 3 N–H and O–H groups in total. The number of halogens is 2. The molecule has 0 aliphatic rings. The maximum Gasteiger partial charge on any atom is 0.199 e. The summed E-state index contributed by atoms with van der Waals surface area (Å²) in [7, 11) is 0. The molecule has 1 heterocycles. The number of carbonyl (C=O) groups is 2. The van der Waals surface area contributed by atoms with Gasteiger partial charge in [0.2, 0.25) is 0 Å². The molecule has 0 bridgehead atoms. The lowest BCUT2D eigenvalue weighted by Crippen LogP contribution is -2.42. The first-order valence-corrected chi connectivity index (χ1v) is 9.03. The number of benzene rings is 1. The Bertz CT molecular complexity index is 838. The van der Waals surface area contributed by atoms with Crippen molar-refractivity contribution < 1.29 is 14.0 Å². The number of nitrogens with two attached hydrogens (primary N) is 1. The summed E-state index contributed by atoms with van der Waals surface area (Å²) in [4.78, 5) is 27.5.